The number of para-hydroxylation sites is 1. The number of hydrogen-bond donors (Lipinski definition) is 2. The Morgan fingerprint density at radius 1 is 1.05 bits per heavy atom. The quantitative estimate of drug-likeness (QED) is 0.295. The van der Waals surface area contributed by atoms with Gasteiger partial charge in [-0.15, -0.1) is 10.2 Å². The summed E-state index contributed by atoms with van der Waals surface area (Å²) in [6.07, 6.45) is 3.83. The first-order chi connectivity index (χ1) is 18.5. The van der Waals surface area contributed by atoms with Crippen LogP contribution in [0.15, 0.2) is 77.7 Å². The summed E-state index contributed by atoms with van der Waals surface area (Å²) in [6, 6.07) is 19.3. The predicted molar refractivity (Wildman–Crippen MR) is 140 cm³/mol. The van der Waals surface area contributed by atoms with Crippen molar-refractivity contribution in [2.24, 2.45) is 0 Å². The number of aromatic nitrogens is 6. The van der Waals surface area contributed by atoms with Crippen molar-refractivity contribution >= 4 is 5.97 Å². The normalized spacial score (nSPS) is 11.1. The van der Waals surface area contributed by atoms with E-state index in [9.17, 15) is 19.1 Å². The maximum Gasteiger partial charge on any atom is 0.337 e. The van der Waals surface area contributed by atoms with Crippen LogP contribution in [0.25, 0.3) is 28.2 Å². The molecule has 0 aliphatic rings. The van der Waals surface area contributed by atoms with Crippen LogP contribution >= 0.6 is 0 Å². The molecule has 0 radical (unpaired) electrons. The van der Waals surface area contributed by atoms with Crippen molar-refractivity contribution in [2.45, 2.75) is 32.7 Å². The summed E-state index contributed by atoms with van der Waals surface area (Å²) in [5, 5.41) is 24.1. The second-order valence-electron chi connectivity index (χ2n) is 8.89. The fraction of sp³-hybridized carbons (Fsp3) is 0.179. The van der Waals surface area contributed by atoms with E-state index in [1.165, 1.54) is 12.1 Å². The van der Waals surface area contributed by atoms with Crippen molar-refractivity contribution < 1.29 is 14.3 Å². The largest absolute Gasteiger partial charge is 0.478 e. The van der Waals surface area contributed by atoms with E-state index in [4.69, 9.17) is 0 Å². The van der Waals surface area contributed by atoms with Gasteiger partial charge >= 0.3 is 11.7 Å². The lowest BCUT2D eigenvalue weighted by Crippen LogP contribution is -2.26. The number of carboxylic acids is 1. The molecule has 5 aromatic rings. The first kappa shape index (κ1) is 24.8. The van der Waals surface area contributed by atoms with Gasteiger partial charge < -0.3 is 5.11 Å². The summed E-state index contributed by atoms with van der Waals surface area (Å²) in [6.45, 7) is 2.24. The summed E-state index contributed by atoms with van der Waals surface area (Å²) in [5.74, 6) is -1.67. The number of aryl methyl sites for hydroxylation is 1. The molecule has 0 unspecified atom stereocenters. The van der Waals surface area contributed by atoms with Gasteiger partial charge in [0.25, 0.3) is 0 Å². The van der Waals surface area contributed by atoms with Gasteiger partial charge in [0.15, 0.2) is 0 Å². The fourth-order valence-electron chi connectivity index (χ4n) is 4.55. The Morgan fingerprint density at radius 3 is 2.58 bits per heavy atom. The summed E-state index contributed by atoms with van der Waals surface area (Å²) < 4.78 is 17.5. The van der Waals surface area contributed by atoms with E-state index in [0.717, 1.165) is 45.7 Å². The molecule has 0 spiro atoms. The van der Waals surface area contributed by atoms with E-state index in [1.54, 1.807) is 10.8 Å². The number of tetrazole rings is 1. The topological polar surface area (TPSA) is 119 Å². The number of hydrogen-bond acceptors (Lipinski definition) is 5. The van der Waals surface area contributed by atoms with E-state index in [1.807, 2.05) is 55.5 Å². The van der Waals surface area contributed by atoms with Crippen LogP contribution in [0.4, 0.5) is 4.39 Å². The first-order valence-corrected chi connectivity index (χ1v) is 12.2. The monoisotopic (exact) mass is 512 g/mol. The maximum absolute atomic E-state index is 14.9. The van der Waals surface area contributed by atoms with Crippen LogP contribution in [-0.4, -0.2) is 40.8 Å². The molecule has 0 saturated carbocycles. The van der Waals surface area contributed by atoms with Crippen LogP contribution < -0.4 is 5.69 Å². The Morgan fingerprint density at radius 2 is 1.87 bits per heavy atom. The molecule has 9 nitrogen and oxygen atoms in total. The maximum atomic E-state index is 14.9. The zero-order valence-corrected chi connectivity index (χ0v) is 20.6. The van der Waals surface area contributed by atoms with Gasteiger partial charge in [-0.25, -0.2) is 14.0 Å². The third kappa shape index (κ3) is 4.75. The van der Waals surface area contributed by atoms with Gasteiger partial charge in [0.1, 0.15) is 11.5 Å². The van der Waals surface area contributed by atoms with Crippen molar-refractivity contribution in [3.05, 3.63) is 106 Å². The number of imidazole rings is 1. The van der Waals surface area contributed by atoms with E-state index in [-0.39, 0.29) is 17.8 Å². The molecule has 2 N–H and O–H groups in total. The van der Waals surface area contributed by atoms with Crippen molar-refractivity contribution in [2.75, 3.05) is 0 Å². The number of halogens is 1. The lowest BCUT2D eigenvalue weighted by atomic mass is 9.97. The molecule has 0 bridgehead atoms. The Hall–Kier alpha value is -4.86. The van der Waals surface area contributed by atoms with Crippen LogP contribution in [0.3, 0.4) is 0 Å². The van der Waals surface area contributed by atoms with Gasteiger partial charge in [0.05, 0.1) is 12.1 Å². The summed E-state index contributed by atoms with van der Waals surface area (Å²) in [7, 11) is 0. The standard InChI is InChI=1S/C28H25FN6O3/c1-2-3-10-20-17-35(25-22(27(36)37)11-7-12-24(25)29)28(38)34(20)16-18-13-14-21(19-8-5-4-6-9-19)23(15-18)26-30-32-33-31-26/h4-9,11-15,17H,2-3,10,16H2,1H3,(H,36,37)(H,30,31,32,33). The third-order valence-electron chi connectivity index (χ3n) is 6.40. The lowest BCUT2D eigenvalue weighted by Gasteiger charge is -2.12. The highest BCUT2D eigenvalue weighted by Gasteiger charge is 2.21. The highest BCUT2D eigenvalue weighted by atomic mass is 19.1. The van der Waals surface area contributed by atoms with Crippen LogP contribution in [0, 0.1) is 5.82 Å². The van der Waals surface area contributed by atoms with E-state index in [2.05, 4.69) is 20.6 Å². The average Bonchev–Trinajstić information content (AvgIpc) is 3.57. The number of nitrogens with zero attached hydrogens (tertiary/aromatic N) is 5. The van der Waals surface area contributed by atoms with Crippen molar-refractivity contribution in [1.82, 2.24) is 29.8 Å². The Kier molecular flexibility index (Phi) is 6.94. The van der Waals surface area contributed by atoms with E-state index in [0.29, 0.717) is 17.9 Å². The minimum Gasteiger partial charge on any atom is -0.478 e. The second kappa shape index (κ2) is 10.6. The van der Waals surface area contributed by atoms with Crippen molar-refractivity contribution in [1.29, 1.82) is 0 Å². The molecule has 38 heavy (non-hydrogen) atoms. The number of rotatable bonds is 9. The number of carbonyl (C=O) groups is 1. The Labute approximate surface area is 217 Å². The van der Waals surface area contributed by atoms with Gasteiger partial charge in [0, 0.05) is 17.5 Å². The molecule has 0 aliphatic heterocycles. The van der Waals surface area contributed by atoms with Crippen LogP contribution in [-0.2, 0) is 13.0 Å². The summed E-state index contributed by atoms with van der Waals surface area (Å²) in [5.41, 5.74) is 3.05. The number of aromatic carboxylic acids is 1. The van der Waals surface area contributed by atoms with Gasteiger partial charge in [-0.2, -0.15) is 5.21 Å². The average molecular weight is 513 g/mol. The van der Waals surface area contributed by atoms with Gasteiger partial charge in [-0.05, 0) is 52.9 Å². The molecule has 0 saturated heterocycles. The van der Waals surface area contributed by atoms with Gasteiger partial charge in [0.2, 0.25) is 5.82 Å². The molecule has 3 aromatic carbocycles. The molecule has 5 rings (SSSR count). The molecule has 10 heteroatoms. The number of H-pyrrole nitrogens is 1. The summed E-state index contributed by atoms with van der Waals surface area (Å²) in [4.78, 5) is 25.4. The molecule has 2 heterocycles. The molecular weight excluding hydrogens is 487 g/mol. The zero-order valence-electron chi connectivity index (χ0n) is 20.6. The molecule has 0 fully saturated rings. The van der Waals surface area contributed by atoms with Gasteiger partial charge in [-0.1, -0.05) is 61.9 Å². The minimum absolute atomic E-state index is 0.196. The van der Waals surface area contributed by atoms with Crippen LogP contribution in [0.2, 0.25) is 0 Å². The fourth-order valence-corrected chi connectivity index (χ4v) is 4.55. The van der Waals surface area contributed by atoms with Gasteiger partial charge in [-0.3, -0.25) is 9.13 Å². The van der Waals surface area contributed by atoms with Crippen molar-refractivity contribution in [3.8, 4) is 28.2 Å². The number of unbranched alkanes of at least 4 members (excludes halogenated alkanes) is 1. The zero-order chi connectivity index (χ0) is 26.6. The molecule has 0 aliphatic carbocycles. The third-order valence-corrected chi connectivity index (χ3v) is 6.40. The lowest BCUT2D eigenvalue weighted by molar-refractivity contribution is 0.0696. The predicted octanol–water partition coefficient (Wildman–Crippen LogP) is 4.71. The molecule has 0 amide bonds. The summed E-state index contributed by atoms with van der Waals surface area (Å²) >= 11 is 0. The number of nitrogens with one attached hydrogen (secondary N) is 1. The SMILES string of the molecule is CCCCc1cn(-c2c(F)cccc2C(=O)O)c(=O)n1Cc1ccc(-c2ccccc2)c(-c2nn[nH]n2)c1. The minimum atomic E-state index is -1.31. The van der Waals surface area contributed by atoms with Crippen LogP contribution in [0.5, 0.6) is 0 Å². The molecule has 2 aromatic heterocycles. The second-order valence-corrected chi connectivity index (χ2v) is 8.89. The molecule has 192 valence electrons. The highest BCUT2D eigenvalue weighted by molar-refractivity contribution is 5.92. The number of carboxylic acid groups (broad SMARTS) is 1. The molecular formula is C28H25FN6O3. The van der Waals surface area contributed by atoms with Crippen LogP contribution in [0.1, 0.15) is 41.4 Å². The number of benzene rings is 3. The highest BCUT2D eigenvalue weighted by Crippen LogP contribution is 2.31. The first-order valence-electron chi connectivity index (χ1n) is 12.2. The Balaban J connectivity index is 1.62. The van der Waals surface area contributed by atoms with E-state index < -0.39 is 17.5 Å². The van der Waals surface area contributed by atoms with E-state index >= 15 is 0 Å². The number of aromatic amines is 1. The van der Waals surface area contributed by atoms with Crippen molar-refractivity contribution in [3.63, 3.8) is 0 Å². The smallest absolute Gasteiger partial charge is 0.337 e. The Bertz CT molecular complexity index is 1640. The molecule has 0 atom stereocenters.